The van der Waals surface area contributed by atoms with Gasteiger partial charge in [-0.05, 0) is 12.8 Å². The van der Waals surface area contributed by atoms with Crippen molar-refractivity contribution in [3.05, 3.63) is 11.9 Å². The zero-order valence-corrected chi connectivity index (χ0v) is 11.3. The molecule has 0 aliphatic rings. The van der Waals surface area contributed by atoms with Gasteiger partial charge in [0.25, 0.3) is 0 Å². The van der Waals surface area contributed by atoms with E-state index >= 15 is 0 Å². The van der Waals surface area contributed by atoms with E-state index in [0.29, 0.717) is 18.5 Å². The van der Waals surface area contributed by atoms with E-state index in [9.17, 15) is 8.42 Å². The first-order valence-corrected chi connectivity index (χ1v) is 7.23. The van der Waals surface area contributed by atoms with Gasteiger partial charge in [0.15, 0.2) is 0 Å². The molecule has 0 saturated carbocycles. The first-order chi connectivity index (χ1) is 7.94. The Morgan fingerprint density at radius 2 is 2.18 bits per heavy atom. The molecule has 17 heavy (non-hydrogen) atoms. The highest BCUT2D eigenvalue weighted by molar-refractivity contribution is 7.93. The monoisotopic (exact) mass is 260 g/mol. The molecule has 6 nitrogen and oxygen atoms in total. The van der Waals surface area contributed by atoms with E-state index in [4.69, 9.17) is 5.73 Å². The predicted octanol–water partition coefficient (Wildman–Crippen LogP) is 0.462. The molecule has 0 aliphatic carbocycles. The third kappa shape index (κ3) is 3.19. The molecule has 3 N–H and O–H groups in total. The third-order valence-electron chi connectivity index (χ3n) is 2.65. The van der Waals surface area contributed by atoms with E-state index in [0.717, 1.165) is 5.69 Å². The van der Waals surface area contributed by atoms with Gasteiger partial charge in [0.1, 0.15) is 0 Å². The Balaban J connectivity index is 2.97. The summed E-state index contributed by atoms with van der Waals surface area (Å²) in [5.74, 6) is 0. The SMILES string of the molecule is CCc1nn(C)cc1NS(=O)(=O)C(CC)CN. The maximum absolute atomic E-state index is 12.0. The van der Waals surface area contributed by atoms with E-state index in [2.05, 4.69) is 9.82 Å². The number of hydrogen-bond acceptors (Lipinski definition) is 4. The molecule has 0 aromatic carbocycles. The maximum atomic E-state index is 12.0. The van der Waals surface area contributed by atoms with Crippen LogP contribution in [0.2, 0.25) is 0 Å². The van der Waals surface area contributed by atoms with Crippen LogP contribution in [0.3, 0.4) is 0 Å². The topological polar surface area (TPSA) is 90.0 Å². The molecule has 1 aromatic rings. The quantitative estimate of drug-likeness (QED) is 0.777. The third-order valence-corrected chi connectivity index (χ3v) is 4.56. The Labute approximate surface area is 102 Å². The molecular formula is C10H20N4O2S. The summed E-state index contributed by atoms with van der Waals surface area (Å²) in [7, 11) is -1.66. The lowest BCUT2D eigenvalue weighted by atomic mass is 10.3. The first kappa shape index (κ1) is 14.0. The molecule has 98 valence electrons. The van der Waals surface area contributed by atoms with E-state index in [1.165, 1.54) is 0 Å². The summed E-state index contributed by atoms with van der Waals surface area (Å²) in [4.78, 5) is 0. The molecule has 1 rings (SSSR count). The zero-order chi connectivity index (χ0) is 13.1. The van der Waals surface area contributed by atoms with Crippen molar-refractivity contribution in [2.45, 2.75) is 31.9 Å². The van der Waals surface area contributed by atoms with Crippen LogP contribution in [-0.4, -0.2) is 30.0 Å². The van der Waals surface area contributed by atoms with Gasteiger partial charge >= 0.3 is 0 Å². The minimum atomic E-state index is -3.42. The Morgan fingerprint density at radius 1 is 1.53 bits per heavy atom. The Hall–Kier alpha value is -1.08. The average Bonchev–Trinajstić information content (AvgIpc) is 2.59. The standard InChI is InChI=1S/C10H20N4O2S/c1-4-8(6-11)17(15,16)13-10-7-14(3)12-9(10)5-2/h7-8,13H,4-6,11H2,1-3H3. The highest BCUT2D eigenvalue weighted by atomic mass is 32.2. The molecule has 1 heterocycles. The maximum Gasteiger partial charge on any atom is 0.236 e. The normalized spacial score (nSPS) is 13.6. The van der Waals surface area contributed by atoms with Crippen molar-refractivity contribution in [3.8, 4) is 0 Å². The lowest BCUT2D eigenvalue weighted by molar-refractivity contribution is 0.581. The van der Waals surface area contributed by atoms with E-state index < -0.39 is 15.3 Å². The van der Waals surface area contributed by atoms with Crippen LogP contribution in [0.15, 0.2) is 6.20 Å². The molecule has 1 aromatic heterocycles. The second-order valence-electron chi connectivity index (χ2n) is 3.93. The largest absolute Gasteiger partial charge is 0.329 e. The molecule has 0 bridgehead atoms. The number of rotatable bonds is 6. The van der Waals surface area contributed by atoms with Crippen LogP contribution >= 0.6 is 0 Å². The molecule has 0 saturated heterocycles. The Morgan fingerprint density at radius 3 is 2.65 bits per heavy atom. The van der Waals surface area contributed by atoms with Gasteiger partial charge in [0.05, 0.1) is 16.6 Å². The second-order valence-corrected chi connectivity index (χ2v) is 5.89. The van der Waals surface area contributed by atoms with E-state index in [-0.39, 0.29) is 6.54 Å². The van der Waals surface area contributed by atoms with Gasteiger partial charge in [0.2, 0.25) is 10.0 Å². The fourth-order valence-electron chi connectivity index (χ4n) is 1.63. The fourth-order valence-corrected chi connectivity index (χ4v) is 2.97. The van der Waals surface area contributed by atoms with Crippen LogP contribution < -0.4 is 10.5 Å². The molecule has 1 unspecified atom stereocenters. The summed E-state index contributed by atoms with van der Waals surface area (Å²) >= 11 is 0. The van der Waals surface area contributed by atoms with Crippen molar-refractivity contribution in [3.63, 3.8) is 0 Å². The molecule has 0 amide bonds. The number of aryl methyl sites for hydroxylation is 2. The van der Waals surface area contributed by atoms with Crippen molar-refractivity contribution in [2.75, 3.05) is 11.3 Å². The molecule has 0 fully saturated rings. The smallest absolute Gasteiger partial charge is 0.236 e. The Bertz CT molecular complexity index is 463. The number of anilines is 1. The van der Waals surface area contributed by atoms with E-state index in [1.54, 1.807) is 24.9 Å². The van der Waals surface area contributed by atoms with Gasteiger partial charge in [-0.1, -0.05) is 13.8 Å². The van der Waals surface area contributed by atoms with Crippen LogP contribution in [0.1, 0.15) is 26.0 Å². The van der Waals surface area contributed by atoms with Gasteiger partial charge in [-0.15, -0.1) is 0 Å². The predicted molar refractivity (Wildman–Crippen MR) is 68.3 cm³/mol. The molecule has 0 aliphatic heterocycles. The summed E-state index contributed by atoms with van der Waals surface area (Å²) in [5, 5.41) is 3.62. The van der Waals surface area contributed by atoms with Gasteiger partial charge in [-0.3, -0.25) is 9.40 Å². The second kappa shape index (κ2) is 5.50. The van der Waals surface area contributed by atoms with Crippen molar-refractivity contribution >= 4 is 15.7 Å². The number of sulfonamides is 1. The highest BCUT2D eigenvalue weighted by Crippen LogP contribution is 2.17. The summed E-state index contributed by atoms with van der Waals surface area (Å²) < 4.78 is 28.2. The van der Waals surface area contributed by atoms with Gasteiger partial charge in [0, 0.05) is 19.8 Å². The van der Waals surface area contributed by atoms with Gasteiger partial charge < -0.3 is 5.73 Å². The number of hydrogen-bond donors (Lipinski definition) is 2. The number of aromatic nitrogens is 2. The summed E-state index contributed by atoms with van der Waals surface area (Å²) in [6.45, 7) is 3.86. The first-order valence-electron chi connectivity index (χ1n) is 5.68. The highest BCUT2D eigenvalue weighted by Gasteiger charge is 2.23. The van der Waals surface area contributed by atoms with Crippen LogP contribution in [0.25, 0.3) is 0 Å². The van der Waals surface area contributed by atoms with Crippen LogP contribution in [0.5, 0.6) is 0 Å². The van der Waals surface area contributed by atoms with Crippen LogP contribution in [0.4, 0.5) is 5.69 Å². The van der Waals surface area contributed by atoms with Crippen molar-refractivity contribution in [1.29, 1.82) is 0 Å². The van der Waals surface area contributed by atoms with Crippen LogP contribution in [0, 0.1) is 0 Å². The van der Waals surface area contributed by atoms with Crippen molar-refractivity contribution < 1.29 is 8.42 Å². The molecule has 7 heteroatoms. The minimum Gasteiger partial charge on any atom is -0.329 e. The molecular weight excluding hydrogens is 240 g/mol. The molecule has 1 atom stereocenters. The molecule has 0 spiro atoms. The van der Waals surface area contributed by atoms with Gasteiger partial charge in [-0.25, -0.2) is 8.42 Å². The lowest BCUT2D eigenvalue weighted by Crippen LogP contribution is -2.33. The van der Waals surface area contributed by atoms with Gasteiger partial charge in [-0.2, -0.15) is 5.10 Å². The summed E-state index contributed by atoms with van der Waals surface area (Å²) in [6, 6.07) is 0. The molecule has 0 radical (unpaired) electrons. The van der Waals surface area contributed by atoms with Crippen molar-refractivity contribution in [2.24, 2.45) is 12.8 Å². The van der Waals surface area contributed by atoms with Crippen LogP contribution in [-0.2, 0) is 23.5 Å². The Kier molecular flexibility index (Phi) is 4.53. The zero-order valence-electron chi connectivity index (χ0n) is 10.5. The van der Waals surface area contributed by atoms with Crippen molar-refractivity contribution in [1.82, 2.24) is 9.78 Å². The number of nitrogens with one attached hydrogen (secondary N) is 1. The average molecular weight is 260 g/mol. The lowest BCUT2D eigenvalue weighted by Gasteiger charge is -2.14. The van der Waals surface area contributed by atoms with E-state index in [1.807, 2.05) is 6.92 Å². The number of nitrogens with zero attached hydrogens (tertiary/aromatic N) is 2. The number of nitrogens with two attached hydrogens (primary N) is 1. The minimum absolute atomic E-state index is 0.119. The summed E-state index contributed by atoms with van der Waals surface area (Å²) in [6.07, 6.45) is 2.84. The fraction of sp³-hybridized carbons (Fsp3) is 0.700. The summed E-state index contributed by atoms with van der Waals surface area (Å²) in [5.41, 5.74) is 6.74.